The van der Waals surface area contributed by atoms with Crippen molar-refractivity contribution in [3.05, 3.63) is 35.9 Å². The average Bonchev–Trinajstić information content (AvgIpc) is 3.39. The number of anilines is 1. The Hall–Kier alpha value is -2.71. The molecule has 0 spiro atoms. The van der Waals surface area contributed by atoms with Gasteiger partial charge in [0, 0.05) is 57.7 Å². The lowest BCUT2D eigenvalue weighted by Gasteiger charge is -2.36. The molecule has 170 valence electrons. The highest BCUT2D eigenvalue weighted by Gasteiger charge is 2.26. The van der Waals surface area contributed by atoms with Gasteiger partial charge in [-0.15, -0.1) is 0 Å². The molecule has 2 amide bonds. The van der Waals surface area contributed by atoms with Crippen LogP contribution in [0.5, 0.6) is 0 Å². The van der Waals surface area contributed by atoms with Gasteiger partial charge in [0.25, 0.3) is 5.91 Å². The van der Waals surface area contributed by atoms with E-state index in [4.69, 9.17) is 9.72 Å². The summed E-state index contributed by atoms with van der Waals surface area (Å²) < 4.78 is 5.42. The predicted octanol–water partition coefficient (Wildman–Crippen LogP) is 1.45. The molecule has 1 aromatic carbocycles. The van der Waals surface area contributed by atoms with Crippen LogP contribution < -0.4 is 4.90 Å². The van der Waals surface area contributed by atoms with Crippen LogP contribution in [0.25, 0.3) is 10.9 Å². The van der Waals surface area contributed by atoms with Gasteiger partial charge < -0.3 is 19.4 Å². The molecule has 3 aliphatic rings. The summed E-state index contributed by atoms with van der Waals surface area (Å²) >= 11 is 0. The number of aromatic nitrogens is 1. The Morgan fingerprint density at radius 1 is 0.875 bits per heavy atom. The number of hydrogen-bond donors (Lipinski definition) is 0. The molecular weight excluding hydrogens is 406 g/mol. The average molecular weight is 438 g/mol. The van der Waals surface area contributed by atoms with Crippen molar-refractivity contribution < 1.29 is 14.3 Å². The van der Waals surface area contributed by atoms with Gasteiger partial charge in [-0.3, -0.25) is 14.5 Å². The summed E-state index contributed by atoms with van der Waals surface area (Å²) in [6.07, 6.45) is 2.25. The number of benzene rings is 1. The number of carbonyl (C=O) groups excluding carboxylic acids is 2. The van der Waals surface area contributed by atoms with Gasteiger partial charge in [-0.1, -0.05) is 18.2 Å². The van der Waals surface area contributed by atoms with E-state index in [0.717, 1.165) is 68.8 Å². The second kappa shape index (κ2) is 9.42. The number of ether oxygens (including phenoxy) is 1. The number of carbonyl (C=O) groups is 2. The van der Waals surface area contributed by atoms with E-state index in [2.05, 4.69) is 9.80 Å². The summed E-state index contributed by atoms with van der Waals surface area (Å²) in [4.78, 5) is 39.0. The molecule has 32 heavy (non-hydrogen) atoms. The first kappa shape index (κ1) is 21.2. The number of hydrogen-bond acceptors (Lipinski definition) is 6. The molecule has 3 saturated heterocycles. The molecule has 0 unspecified atom stereocenters. The highest BCUT2D eigenvalue weighted by Crippen LogP contribution is 2.25. The fourth-order valence-electron chi connectivity index (χ4n) is 4.83. The van der Waals surface area contributed by atoms with Gasteiger partial charge >= 0.3 is 0 Å². The van der Waals surface area contributed by atoms with E-state index < -0.39 is 0 Å². The molecule has 0 bridgehead atoms. The second-order valence-corrected chi connectivity index (χ2v) is 8.80. The normalized spacial score (nSPS) is 20.2. The Morgan fingerprint density at radius 3 is 2.34 bits per heavy atom. The smallest absolute Gasteiger partial charge is 0.254 e. The molecule has 0 atom stereocenters. The van der Waals surface area contributed by atoms with E-state index in [1.54, 1.807) is 0 Å². The number of piperazine rings is 1. The number of amides is 2. The van der Waals surface area contributed by atoms with Gasteiger partial charge in [0.1, 0.15) is 5.82 Å². The van der Waals surface area contributed by atoms with Crippen molar-refractivity contribution in [3.8, 4) is 0 Å². The number of fused-ring (bicyclic) bond motifs is 1. The van der Waals surface area contributed by atoms with E-state index in [0.29, 0.717) is 38.4 Å². The lowest BCUT2D eigenvalue weighted by molar-refractivity contribution is -0.131. The van der Waals surface area contributed by atoms with Crippen molar-refractivity contribution in [3.63, 3.8) is 0 Å². The van der Waals surface area contributed by atoms with Gasteiger partial charge in [0.05, 0.1) is 30.8 Å². The molecule has 3 fully saturated rings. The van der Waals surface area contributed by atoms with Crippen LogP contribution in [0.2, 0.25) is 0 Å². The standard InChI is InChI=1S/C24H31N5O3/c30-23(28-7-3-4-8-28)18-26-9-11-27(12-10-26)22-17-20(19-5-1-2-6-21(19)25-22)24(31)29-13-15-32-16-14-29/h1-2,5-6,17H,3-4,7-16,18H2. The summed E-state index contributed by atoms with van der Waals surface area (Å²) in [5.41, 5.74) is 1.55. The van der Waals surface area contributed by atoms with Crippen LogP contribution in [0, 0.1) is 0 Å². The molecule has 0 saturated carbocycles. The van der Waals surface area contributed by atoms with E-state index in [-0.39, 0.29) is 11.8 Å². The van der Waals surface area contributed by atoms with Crippen LogP contribution in [-0.2, 0) is 9.53 Å². The van der Waals surface area contributed by atoms with Crippen molar-refractivity contribution in [2.24, 2.45) is 0 Å². The molecule has 1 aromatic heterocycles. The minimum absolute atomic E-state index is 0.0444. The Kier molecular flexibility index (Phi) is 6.23. The third-order valence-corrected chi connectivity index (χ3v) is 6.75. The van der Waals surface area contributed by atoms with Crippen LogP contribution in [0.15, 0.2) is 30.3 Å². The van der Waals surface area contributed by atoms with Crippen molar-refractivity contribution in [2.75, 3.05) is 77.0 Å². The zero-order valence-corrected chi connectivity index (χ0v) is 18.5. The molecule has 0 N–H and O–H groups in total. The zero-order valence-electron chi connectivity index (χ0n) is 18.5. The van der Waals surface area contributed by atoms with Crippen LogP contribution in [0.1, 0.15) is 23.2 Å². The summed E-state index contributed by atoms with van der Waals surface area (Å²) in [5.74, 6) is 1.13. The van der Waals surface area contributed by atoms with E-state index in [1.165, 1.54) is 0 Å². The Morgan fingerprint density at radius 2 is 1.59 bits per heavy atom. The van der Waals surface area contributed by atoms with E-state index in [9.17, 15) is 9.59 Å². The minimum atomic E-state index is 0.0444. The zero-order chi connectivity index (χ0) is 21.9. The van der Waals surface area contributed by atoms with Crippen LogP contribution in [0.4, 0.5) is 5.82 Å². The summed E-state index contributed by atoms with van der Waals surface area (Å²) in [6, 6.07) is 9.81. The summed E-state index contributed by atoms with van der Waals surface area (Å²) in [5, 5.41) is 0.891. The monoisotopic (exact) mass is 437 g/mol. The molecule has 4 heterocycles. The number of pyridine rings is 1. The topological polar surface area (TPSA) is 69.2 Å². The molecule has 8 nitrogen and oxygen atoms in total. The van der Waals surface area contributed by atoms with Crippen LogP contribution in [0.3, 0.4) is 0 Å². The molecule has 5 rings (SSSR count). The predicted molar refractivity (Wildman–Crippen MR) is 123 cm³/mol. The maximum Gasteiger partial charge on any atom is 0.254 e. The van der Waals surface area contributed by atoms with Crippen molar-refractivity contribution in [1.82, 2.24) is 19.7 Å². The number of likely N-dealkylation sites (tertiary alicyclic amines) is 1. The molecular formula is C24H31N5O3. The highest BCUT2D eigenvalue weighted by molar-refractivity contribution is 6.07. The lowest BCUT2D eigenvalue weighted by atomic mass is 10.1. The maximum atomic E-state index is 13.3. The largest absolute Gasteiger partial charge is 0.378 e. The first-order valence-electron chi connectivity index (χ1n) is 11.7. The lowest BCUT2D eigenvalue weighted by Crippen LogP contribution is -2.50. The second-order valence-electron chi connectivity index (χ2n) is 8.80. The van der Waals surface area contributed by atoms with Crippen LogP contribution >= 0.6 is 0 Å². The van der Waals surface area contributed by atoms with Gasteiger partial charge in [-0.05, 0) is 25.0 Å². The molecule has 3 aliphatic heterocycles. The molecule has 2 aromatic rings. The van der Waals surface area contributed by atoms with Gasteiger partial charge in [0.2, 0.25) is 5.91 Å². The number of para-hydroxylation sites is 1. The van der Waals surface area contributed by atoms with Crippen molar-refractivity contribution >= 4 is 28.5 Å². The Labute approximate surface area is 188 Å². The van der Waals surface area contributed by atoms with Gasteiger partial charge in [-0.2, -0.15) is 0 Å². The first-order chi connectivity index (χ1) is 15.7. The minimum Gasteiger partial charge on any atom is -0.378 e. The highest BCUT2D eigenvalue weighted by atomic mass is 16.5. The fraction of sp³-hybridized carbons (Fsp3) is 0.542. The molecule has 0 aliphatic carbocycles. The third kappa shape index (κ3) is 4.42. The van der Waals surface area contributed by atoms with E-state index in [1.807, 2.05) is 40.1 Å². The number of nitrogens with zero attached hydrogens (tertiary/aromatic N) is 5. The Bertz CT molecular complexity index is 977. The van der Waals surface area contributed by atoms with Crippen molar-refractivity contribution in [1.29, 1.82) is 0 Å². The number of morpholine rings is 1. The van der Waals surface area contributed by atoms with Gasteiger partial charge in [0.15, 0.2) is 0 Å². The first-order valence-corrected chi connectivity index (χ1v) is 11.7. The summed E-state index contributed by atoms with van der Waals surface area (Å²) in [7, 11) is 0. The Balaban J connectivity index is 1.31. The van der Waals surface area contributed by atoms with Crippen molar-refractivity contribution in [2.45, 2.75) is 12.8 Å². The summed E-state index contributed by atoms with van der Waals surface area (Å²) in [6.45, 7) is 7.94. The molecule has 8 heteroatoms. The fourth-order valence-corrected chi connectivity index (χ4v) is 4.83. The SMILES string of the molecule is O=C(CN1CCN(c2cc(C(=O)N3CCOCC3)c3ccccc3n2)CC1)N1CCCC1. The quantitative estimate of drug-likeness (QED) is 0.721. The number of rotatable bonds is 4. The van der Waals surface area contributed by atoms with Crippen LogP contribution in [-0.4, -0.2) is 104 Å². The third-order valence-electron chi connectivity index (χ3n) is 6.75. The molecule has 0 radical (unpaired) electrons. The van der Waals surface area contributed by atoms with E-state index >= 15 is 0 Å². The van der Waals surface area contributed by atoms with Gasteiger partial charge in [-0.25, -0.2) is 4.98 Å². The maximum absolute atomic E-state index is 13.3.